The summed E-state index contributed by atoms with van der Waals surface area (Å²) in [5.74, 6) is 5.55. The van der Waals surface area contributed by atoms with Gasteiger partial charge in [0.25, 0.3) is 0 Å². The molecular weight excluding hydrogens is 138 g/mol. The minimum Gasteiger partial charge on any atom is -0.327 e. The largest absolute Gasteiger partial charge is 0.327 e. The van der Waals surface area contributed by atoms with Crippen molar-refractivity contribution in [1.82, 2.24) is 0 Å². The zero-order valence-electron chi connectivity index (χ0n) is 7.18. The summed E-state index contributed by atoms with van der Waals surface area (Å²) in [6, 6.07) is 0.0150. The molecule has 0 spiro atoms. The fraction of sp³-hybridized carbons (Fsp3) is 0.667. The van der Waals surface area contributed by atoms with E-state index in [0.717, 1.165) is 6.42 Å². The van der Waals surface area contributed by atoms with E-state index in [-0.39, 0.29) is 11.8 Å². The van der Waals surface area contributed by atoms with Crippen LogP contribution in [0.1, 0.15) is 33.1 Å². The second kappa shape index (κ2) is 5.94. The van der Waals surface area contributed by atoms with Crippen molar-refractivity contribution in [3.05, 3.63) is 0 Å². The van der Waals surface area contributed by atoms with E-state index < -0.39 is 0 Å². The first-order chi connectivity index (χ1) is 5.20. The molecule has 11 heavy (non-hydrogen) atoms. The van der Waals surface area contributed by atoms with Gasteiger partial charge in [0.1, 0.15) is 5.78 Å². The molecule has 0 fully saturated rings. The van der Waals surface area contributed by atoms with Gasteiger partial charge in [0.05, 0.1) is 6.42 Å². The third kappa shape index (κ3) is 5.63. The minimum absolute atomic E-state index is 0.0150. The van der Waals surface area contributed by atoms with Gasteiger partial charge in [0.2, 0.25) is 0 Å². The van der Waals surface area contributed by atoms with Crippen LogP contribution in [0.4, 0.5) is 0 Å². The van der Waals surface area contributed by atoms with Crippen molar-refractivity contribution < 1.29 is 4.79 Å². The number of ketones is 1. The molecule has 1 atom stereocenters. The van der Waals surface area contributed by atoms with E-state index in [2.05, 4.69) is 11.8 Å². The van der Waals surface area contributed by atoms with Crippen LogP contribution < -0.4 is 5.73 Å². The molecule has 0 aliphatic heterocycles. The van der Waals surface area contributed by atoms with Crippen LogP contribution in [0.2, 0.25) is 0 Å². The van der Waals surface area contributed by atoms with E-state index in [0.29, 0.717) is 12.8 Å². The predicted molar refractivity (Wildman–Crippen MR) is 46.0 cm³/mol. The molecule has 0 saturated carbocycles. The highest BCUT2D eigenvalue weighted by Gasteiger charge is 2.05. The zero-order chi connectivity index (χ0) is 8.69. The second-order valence-corrected chi connectivity index (χ2v) is 2.51. The Kier molecular flexibility index (Phi) is 5.50. The van der Waals surface area contributed by atoms with Crippen LogP contribution in [0.15, 0.2) is 0 Å². The van der Waals surface area contributed by atoms with E-state index in [9.17, 15) is 4.79 Å². The van der Waals surface area contributed by atoms with Crippen LogP contribution in [0.25, 0.3) is 0 Å². The van der Waals surface area contributed by atoms with Gasteiger partial charge in [-0.05, 0) is 13.3 Å². The first-order valence-corrected chi connectivity index (χ1v) is 3.87. The van der Waals surface area contributed by atoms with Gasteiger partial charge in [0, 0.05) is 12.5 Å². The first kappa shape index (κ1) is 10.2. The lowest BCUT2D eigenvalue weighted by atomic mass is 10.1. The van der Waals surface area contributed by atoms with Crippen molar-refractivity contribution in [3.8, 4) is 11.8 Å². The lowest BCUT2D eigenvalue weighted by Crippen LogP contribution is -2.22. The fourth-order valence-electron chi connectivity index (χ4n) is 0.696. The van der Waals surface area contributed by atoms with Gasteiger partial charge >= 0.3 is 0 Å². The summed E-state index contributed by atoms with van der Waals surface area (Å²) in [6.07, 6.45) is 1.67. The Bertz CT molecular complexity index is 176. The highest BCUT2D eigenvalue weighted by atomic mass is 16.1. The molecule has 0 amide bonds. The number of hydrogen-bond donors (Lipinski definition) is 1. The molecule has 0 heterocycles. The van der Waals surface area contributed by atoms with Crippen LogP contribution >= 0.6 is 0 Å². The fourth-order valence-corrected chi connectivity index (χ4v) is 0.696. The Morgan fingerprint density at radius 2 is 2.27 bits per heavy atom. The summed E-state index contributed by atoms with van der Waals surface area (Å²) >= 11 is 0. The number of Topliss-reactive ketones (excluding diaryl/α,β-unsaturated/α-hetero) is 1. The van der Waals surface area contributed by atoms with Crippen molar-refractivity contribution in [2.45, 2.75) is 39.2 Å². The molecule has 1 unspecified atom stereocenters. The summed E-state index contributed by atoms with van der Waals surface area (Å²) in [7, 11) is 0. The Morgan fingerprint density at radius 3 is 2.73 bits per heavy atom. The Morgan fingerprint density at radius 1 is 1.64 bits per heavy atom. The van der Waals surface area contributed by atoms with Crippen LogP contribution in [-0.2, 0) is 4.79 Å². The molecule has 0 aromatic rings. The average Bonchev–Trinajstić information content (AvgIpc) is 2.00. The summed E-state index contributed by atoms with van der Waals surface area (Å²) in [5, 5.41) is 0. The van der Waals surface area contributed by atoms with Crippen molar-refractivity contribution in [2.24, 2.45) is 5.73 Å². The molecule has 2 nitrogen and oxygen atoms in total. The van der Waals surface area contributed by atoms with Gasteiger partial charge in [-0.25, -0.2) is 0 Å². The van der Waals surface area contributed by atoms with Gasteiger partial charge in [0.15, 0.2) is 0 Å². The molecule has 2 heteroatoms. The number of rotatable bonds is 4. The summed E-state index contributed by atoms with van der Waals surface area (Å²) < 4.78 is 0. The molecule has 0 rings (SSSR count). The van der Waals surface area contributed by atoms with E-state index in [1.165, 1.54) is 0 Å². The normalized spacial score (nSPS) is 11.5. The summed E-state index contributed by atoms with van der Waals surface area (Å²) in [6.45, 7) is 3.70. The van der Waals surface area contributed by atoms with E-state index in [1.54, 1.807) is 6.92 Å². The molecule has 0 aliphatic rings. The van der Waals surface area contributed by atoms with E-state index >= 15 is 0 Å². The van der Waals surface area contributed by atoms with E-state index in [4.69, 9.17) is 5.73 Å². The lowest BCUT2D eigenvalue weighted by Gasteiger charge is -2.04. The number of nitrogens with two attached hydrogens (primary N) is 1. The van der Waals surface area contributed by atoms with Crippen LogP contribution in [0, 0.1) is 11.8 Å². The third-order valence-corrected chi connectivity index (χ3v) is 1.48. The lowest BCUT2D eigenvalue weighted by molar-refractivity contribution is -0.118. The van der Waals surface area contributed by atoms with Crippen molar-refractivity contribution in [2.75, 3.05) is 0 Å². The predicted octanol–water partition coefficient (Wildman–Crippen LogP) is 1.10. The molecule has 2 N–H and O–H groups in total. The van der Waals surface area contributed by atoms with Crippen LogP contribution in [0.3, 0.4) is 0 Å². The Hall–Kier alpha value is -0.810. The quantitative estimate of drug-likeness (QED) is 0.614. The van der Waals surface area contributed by atoms with Crippen molar-refractivity contribution in [1.29, 1.82) is 0 Å². The molecule has 0 saturated heterocycles. The molecular formula is C9H15NO. The molecule has 0 aromatic heterocycles. The van der Waals surface area contributed by atoms with Crippen LogP contribution in [0.5, 0.6) is 0 Å². The standard InChI is InChI=1S/C9H15NO/c1-3-5-6-9(11)7-8(10)4-2/h8H,4,6-7,10H2,1-2H3. The van der Waals surface area contributed by atoms with Crippen molar-refractivity contribution in [3.63, 3.8) is 0 Å². The van der Waals surface area contributed by atoms with Crippen molar-refractivity contribution >= 4 is 5.78 Å². The molecule has 0 aliphatic carbocycles. The summed E-state index contributed by atoms with van der Waals surface area (Å²) in [4.78, 5) is 11.0. The summed E-state index contributed by atoms with van der Waals surface area (Å²) in [5.41, 5.74) is 5.58. The van der Waals surface area contributed by atoms with E-state index in [1.807, 2.05) is 6.92 Å². The maximum absolute atomic E-state index is 11.0. The average molecular weight is 153 g/mol. The molecule has 0 aromatic carbocycles. The van der Waals surface area contributed by atoms with Gasteiger partial charge in [-0.1, -0.05) is 12.8 Å². The topological polar surface area (TPSA) is 43.1 Å². The van der Waals surface area contributed by atoms with Crippen LogP contribution in [-0.4, -0.2) is 11.8 Å². The molecule has 62 valence electrons. The molecule has 0 bridgehead atoms. The monoisotopic (exact) mass is 153 g/mol. The number of carbonyl (C=O) groups is 1. The molecule has 0 radical (unpaired) electrons. The van der Waals surface area contributed by atoms with Gasteiger partial charge < -0.3 is 5.73 Å². The Balaban J connectivity index is 3.57. The maximum Gasteiger partial charge on any atom is 0.146 e. The highest BCUT2D eigenvalue weighted by molar-refractivity contribution is 5.81. The second-order valence-electron chi connectivity index (χ2n) is 2.51. The minimum atomic E-state index is 0.0150. The van der Waals surface area contributed by atoms with Gasteiger partial charge in [-0.3, -0.25) is 4.79 Å². The SMILES string of the molecule is CC#CCC(=O)CC(N)CC. The first-order valence-electron chi connectivity index (χ1n) is 3.87. The Labute approximate surface area is 68.2 Å². The van der Waals surface area contributed by atoms with Gasteiger partial charge in [-0.15, -0.1) is 5.92 Å². The van der Waals surface area contributed by atoms with Gasteiger partial charge in [-0.2, -0.15) is 0 Å². The number of carbonyl (C=O) groups excluding carboxylic acids is 1. The highest BCUT2D eigenvalue weighted by Crippen LogP contribution is 1.96. The maximum atomic E-state index is 11.0. The zero-order valence-corrected chi connectivity index (χ0v) is 7.18. The third-order valence-electron chi connectivity index (χ3n) is 1.48. The number of hydrogen-bond acceptors (Lipinski definition) is 2. The smallest absolute Gasteiger partial charge is 0.146 e.